The first-order valence-corrected chi connectivity index (χ1v) is 12.5. The molecule has 1 fully saturated rings. The van der Waals surface area contributed by atoms with Crippen molar-refractivity contribution in [3.05, 3.63) is 40.0 Å². The number of hydrogen-bond donors (Lipinski definition) is 0. The van der Waals surface area contributed by atoms with Crippen LogP contribution in [0.15, 0.2) is 40.0 Å². The molecule has 6 nitrogen and oxygen atoms in total. The number of anilines is 2. The molecule has 0 saturated carbocycles. The molecule has 4 atom stereocenters. The molecule has 0 spiro atoms. The molecular weight excluding hydrogens is 549 g/mol. The van der Waals surface area contributed by atoms with Crippen LogP contribution < -0.4 is 19.4 Å². The third-order valence-corrected chi connectivity index (χ3v) is 7.61. The van der Waals surface area contributed by atoms with E-state index in [0.717, 1.165) is 25.2 Å². The second kappa shape index (κ2) is 10.0. The maximum Gasteiger partial charge on any atom is 0.431 e. The van der Waals surface area contributed by atoms with E-state index >= 15 is 0 Å². The Labute approximate surface area is 216 Å². The predicted molar refractivity (Wildman–Crippen MR) is 135 cm³/mol. The summed E-state index contributed by atoms with van der Waals surface area (Å²) in [5.74, 6) is 0.636. The summed E-state index contributed by atoms with van der Waals surface area (Å²) in [6, 6.07) is 6.73. The largest absolute Gasteiger partial charge is 0.490 e. The fourth-order valence-corrected chi connectivity index (χ4v) is 5.29. The standard InChI is InChI=1S/C24H27BrClF3N4O2/c1-13-12-32(20-10-22(34-4)30-11-18(20)26)8-7-21(13)35-16-5-6-19(17(25)9-16)33-15(3)14(2)23(31-33)24(27,28)29/h5-6,9-11,13-15,21H,7-8,12H2,1-4H3/t13-,14-,15+,21+/m0/s1. The van der Waals surface area contributed by atoms with Crippen LogP contribution in [0, 0.1) is 11.8 Å². The van der Waals surface area contributed by atoms with Crippen LogP contribution in [-0.4, -0.2) is 49.2 Å². The van der Waals surface area contributed by atoms with Crippen LogP contribution in [0.1, 0.15) is 27.2 Å². The average Bonchev–Trinajstić information content (AvgIpc) is 3.10. The number of aromatic nitrogens is 1. The first-order chi connectivity index (χ1) is 16.5. The van der Waals surface area contributed by atoms with Gasteiger partial charge in [0.25, 0.3) is 0 Å². The van der Waals surface area contributed by atoms with Crippen LogP contribution in [0.3, 0.4) is 0 Å². The zero-order valence-electron chi connectivity index (χ0n) is 19.8. The summed E-state index contributed by atoms with van der Waals surface area (Å²) in [4.78, 5) is 6.33. The molecule has 2 aromatic rings. The molecular formula is C24H27BrClF3N4O2. The smallest absolute Gasteiger partial charge is 0.431 e. The molecule has 35 heavy (non-hydrogen) atoms. The number of rotatable bonds is 5. The van der Waals surface area contributed by atoms with Crippen LogP contribution in [0.5, 0.6) is 11.6 Å². The fourth-order valence-electron chi connectivity index (χ4n) is 4.53. The highest BCUT2D eigenvalue weighted by molar-refractivity contribution is 9.10. The predicted octanol–water partition coefficient (Wildman–Crippen LogP) is 6.56. The molecule has 0 radical (unpaired) electrons. The Morgan fingerprint density at radius 3 is 2.49 bits per heavy atom. The minimum absolute atomic E-state index is 0.0212. The fraction of sp³-hybridized carbons (Fsp3) is 0.500. The van der Waals surface area contributed by atoms with Gasteiger partial charge in [-0.2, -0.15) is 18.3 Å². The second-order valence-electron chi connectivity index (χ2n) is 9.02. The van der Waals surface area contributed by atoms with Gasteiger partial charge in [0.05, 0.1) is 35.7 Å². The molecule has 1 saturated heterocycles. The third kappa shape index (κ3) is 5.33. The van der Waals surface area contributed by atoms with Crippen LogP contribution >= 0.6 is 27.5 Å². The summed E-state index contributed by atoms with van der Waals surface area (Å²) in [6.45, 7) is 6.90. The Morgan fingerprint density at radius 1 is 1.14 bits per heavy atom. The van der Waals surface area contributed by atoms with Crippen LogP contribution in [0.2, 0.25) is 5.02 Å². The van der Waals surface area contributed by atoms with Gasteiger partial charge in [-0.1, -0.05) is 25.4 Å². The van der Waals surface area contributed by atoms with Crippen molar-refractivity contribution in [1.29, 1.82) is 0 Å². The Morgan fingerprint density at radius 2 is 1.89 bits per heavy atom. The van der Waals surface area contributed by atoms with E-state index in [-0.39, 0.29) is 12.0 Å². The van der Waals surface area contributed by atoms with Crippen molar-refractivity contribution in [2.24, 2.45) is 16.9 Å². The summed E-state index contributed by atoms with van der Waals surface area (Å²) >= 11 is 9.87. The van der Waals surface area contributed by atoms with Crippen molar-refractivity contribution < 1.29 is 22.6 Å². The molecule has 1 aromatic carbocycles. The monoisotopic (exact) mass is 574 g/mol. The zero-order chi connectivity index (χ0) is 25.5. The molecule has 11 heteroatoms. The van der Waals surface area contributed by atoms with Gasteiger partial charge >= 0.3 is 6.18 Å². The van der Waals surface area contributed by atoms with Gasteiger partial charge in [0.2, 0.25) is 5.88 Å². The molecule has 0 unspecified atom stereocenters. The number of halogens is 5. The van der Waals surface area contributed by atoms with Crippen molar-refractivity contribution in [1.82, 2.24) is 4.98 Å². The van der Waals surface area contributed by atoms with Gasteiger partial charge in [0.1, 0.15) is 17.6 Å². The van der Waals surface area contributed by atoms with Crippen molar-refractivity contribution >= 4 is 44.6 Å². The van der Waals surface area contributed by atoms with Gasteiger partial charge in [0, 0.05) is 41.9 Å². The first kappa shape index (κ1) is 25.9. The molecule has 3 heterocycles. The number of pyridine rings is 1. The molecule has 1 aromatic heterocycles. The number of alkyl halides is 3. The van der Waals surface area contributed by atoms with Crippen molar-refractivity contribution in [2.45, 2.75) is 45.5 Å². The van der Waals surface area contributed by atoms with E-state index < -0.39 is 23.8 Å². The lowest BCUT2D eigenvalue weighted by Gasteiger charge is -2.38. The Hall–Kier alpha value is -2.20. The molecule has 0 N–H and O–H groups in total. The minimum Gasteiger partial charge on any atom is -0.490 e. The number of nitrogens with zero attached hydrogens (tertiary/aromatic N) is 4. The van der Waals surface area contributed by atoms with Crippen LogP contribution in [-0.2, 0) is 0 Å². The van der Waals surface area contributed by atoms with Crippen LogP contribution in [0.4, 0.5) is 24.5 Å². The van der Waals surface area contributed by atoms with E-state index in [0.29, 0.717) is 26.8 Å². The average molecular weight is 576 g/mol. The van der Waals surface area contributed by atoms with E-state index in [1.807, 2.05) is 6.07 Å². The lowest BCUT2D eigenvalue weighted by molar-refractivity contribution is -0.0619. The minimum atomic E-state index is -4.45. The third-order valence-electron chi connectivity index (χ3n) is 6.69. The molecule has 0 amide bonds. The Kier molecular flexibility index (Phi) is 7.43. The highest BCUT2D eigenvalue weighted by Crippen LogP contribution is 2.40. The van der Waals surface area contributed by atoms with Gasteiger partial charge in [-0.15, -0.1) is 0 Å². The maximum absolute atomic E-state index is 13.3. The Balaban J connectivity index is 1.45. The van der Waals surface area contributed by atoms with E-state index in [1.165, 1.54) is 5.01 Å². The lowest BCUT2D eigenvalue weighted by atomic mass is 9.96. The van der Waals surface area contributed by atoms with Crippen molar-refractivity contribution in [3.8, 4) is 11.6 Å². The molecule has 190 valence electrons. The van der Waals surface area contributed by atoms with Crippen molar-refractivity contribution in [2.75, 3.05) is 30.1 Å². The molecule has 0 bridgehead atoms. The van der Waals surface area contributed by atoms with E-state index in [1.54, 1.807) is 45.4 Å². The summed E-state index contributed by atoms with van der Waals surface area (Å²) in [7, 11) is 1.57. The number of hydrogen-bond acceptors (Lipinski definition) is 6. The van der Waals surface area contributed by atoms with Gasteiger partial charge in [-0.05, 0) is 41.1 Å². The second-order valence-corrected chi connectivity index (χ2v) is 10.3. The van der Waals surface area contributed by atoms with Gasteiger partial charge < -0.3 is 14.4 Å². The highest BCUT2D eigenvalue weighted by atomic mass is 79.9. The maximum atomic E-state index is 13.3. The van der Waals surface area contributed by atoms with Gasteiger partial charge in [-0.3, -0.25) is 5.01 Å². The van der Waals surface area contributed by atoms with Crippen LogP contribution in [0.25, 0.3) is 0 Å². The molecule has 2 aliphatic heterocycles. The SMILES string of the molecule is COc1cc(N2CC[C@@H](Oc3ccc(N4N=C(C(F)(F)F)[C@@H](C)[C@H]4C)c(Br)c3)[C@@H](C)C2)c(Cl)cn1. The first-order valence-electron chi connectivity index (χ1n) is 11.3. The zero-order valence-corrected chi connectivity index (χ0v) is 22.2. The lowest BCUT2D eigenvalue weighted by Crippen LogP contribution is -2.44. The van der Waals surface area contributed by atoms with E-state index in [4.69, 9.17) is 21.1 Å². The molecule has 2 aliphatic rings. The summed E-state index contributed by atoms with van der Waals surface area (Å²) in [5.41, 5.74) is 0.688. The highest BCUT2D eigenvalue weighted by Gasteiger charge is 2.47. The molecule has 0 aliphatic carbocycles. The number of hydrazone groups is 1. The summed E-state index contributed by atoms with van der Waals surface area (Å²) < 4.78 is 52.1. The number of ether oxygens (including phenoxy) is 2. The van der Waals surface area contributed by atoms with Gasteiger partial charge in [0.15, 0.2) is 0 Å². The quantitative estimate of drug-likeness (QED) is 0.404. The normalized spacial score (nSPS) is 25.0. The van der Waals surface area contributed by atoms with Gasteiger partial charge in [-0.25, -0.2) is 4.98 Å². The van der Waals surface area contributed by atoms with E-state index in [2.05, 4.69) is 37.8 Å². The number of piperidine rings is 1. The molecule has 4 rings (SSSR count). The topological polar surface area (TPSA) is 50.2 Å². The number of benzene rings is 1. The van der Waals surface area contributed by atoms with Crippen molar-refractivity contribution in [3.63, 3.8) is 0 Å². The Bertz CT molecular complexity index is 1120. The number of methoxy groups -OCH3 is 1. The van der Waals surface area contributed by atoms with E-state index in [9.17, 15) is 13.2 Å². The summed E-state index contributed by atoms with van der Waals surface area (Å²) in [6.07, 6.45) is -2.10. The summed E-state index contributed by atoms with van der Waals surface area (Å²) in [5, 5.41) is 5.88.